The van der Waals surface area contributed by atoms with Crippen molar-refractivity contribution in [2.24, 2.45) is 7.05 Å². The summed E-state index contributed by atoms with van der Waals surface area (Å²) in [6, 6.07) is 5.50. The molecule has 0 aliphatic rings. The van der Waals surface area contributed by atoms with Crippen molar-refractivity contribution in [2.75, 3.05) is 12.8 Å². The summed E-state index contributed by atoms with van der Waals surface area (Å²) in [6.45, 7) is 0.532. The first-order valence-electron chi connectivity index (χ1n) is 7.57. The lowest BCUT2D eigenvalue weighted by Gasteiger charge is -2.14. The average molecular weight is 321 g/mol. The first-order valence-corrected chi connectivity index (χ1v) is 7.57. The lowest BCUT2D eigenvalue weighted by Crippen LogP contribution is -2.24. The molecule has 6 nitrogen and oxygen atoms in total. The lowest BCUT2D eigenvalue weighted by atomic mass is 10.2. The standard InChI is InChI=1S/C18H19N5O/c1-22-11-14(15-7-8-20-10-16(15)22)12-23(2)18(24)6-4-13-3-5-17(19)21-9-13/h3-11H,12H2,1-2H3,(H2,19,21). The number of anilines is 1. The second-order valence-electron chi connectivity index (χ2n) is 5.70. The minimum atomic E-state index is -0.0714. The summed E-state index contributed by atoms with van der Waals surface area (Å²) in [6.07, 6.45) is 10.5. The van der Waals surface area contributed by atoms with Gasteiger partial charge in [0.25, 0.3) is 0 Å². The van der Waals surface area contributed by atoms with Gasteiger partial charge in [-0.05, 0) is 35.4 Å². The number of rotatable bonds is 4. The largest absolute Gasteiger partial charge is 0.384 e. The molecule has 6 heteroatoms. The summed E-state index contributed by atoms with van der Waals surface area (Å²) in [5, 5.41) is 1.11. The average Bonchev–Trinajstić information content (AvgIpc) is 2.90. The predicted molar refractivity (Wildman–Crippen MR) is 94.9 cm³/mol. The van der Waals surface area contributed by atoms with Gasteiger partial charge in [-0.25, -0.2) is 4.98 Å². The highest BCUT2D eigenvalue weighted by molar-refractivity contribution is 5.92. The Bertz CT molecular complexity index is 895. The van der Waals surface area contributed by atoms with Gasteiger partial charge in [0.1, 0.15) is 5.82 Å². The normalized spacial score (nSPS) is 11.2. The molecule has 0 saturated heterocycles. The first kappa shape index (κ1) is 15.7. The number of aryl methyl sites for hydroxylation is 1. The summed E-state index contributed by atoms with van der Waals surface area (Å²) in [5.41, 5.74) is 8.53. The number of carbonyl (C=O) groups is 1. The van der Waals surface area contributed by atoms with Gasteiger partial charge >= 0.3 is 0 Å². The fraction of sp³-hybridized carbons (Fsp3) is 0.167. The first-order chi connectivity index (χ1) is 11.5. The van der Waals surface area contributed by atoms with Crippen LogP contribution in [0.4, 0.5) is 5.82 Å². The van der Waals surface area contributed by atoms with Gasteiger partial charge in [0.15, 0.2) is 0 Å². The Labute approximate surface area is 140 Å². The maximum Gasteiger partial charge on any atom is 0.246 e. The molecule has 3 aromatic rings. The van der Waals surface area contributed by atoms with E-state index < -0.39 is 0 Å². The fourth-order valence-corrected chi connectivity index (χ4v) is 2.58. The van der Waals surface area contributed by atoms with Gasteiger partial charge in [-0.1, -0.05) is 0 Å². The van der Waals surface area contributed by atoms with Crippen LogP contribution in [-0.2, 0) is 18.4 Å². The van der Waals surface area contributed by atoms with Crippen LogP contribution in [0.2, 0.25) is 0 Å². The van der Waals surface area contributed by atoms with E-state index in [9.17, 15) is 4.79 Å². The van der Waals surface area contributed by atoms with Crippen molar-refractivity contribution in [2.45, 2.75) is 6.54 Å². The Morgan fingerprint density at radius 3 is 2.92 bits per heavy atom. The van der Waals surface area contributed by atoms with Gasteiger partial charge in [0, 0.05) is 50.7 Å². The Balaban J connectivity index is 1.72. The van der Waals surface area contributed by atoms with Crippen LogP contribution in [0.1, 0.15) is 11.1 Å². The third-order valence-corrected chi connectivity index (χ3v) is 3.89. The maximum absolute atomic E-state index is 12.3. The molecule has 0 bridgehead atoms. The van der Waals surface area contributed by atoms with Crippen molar-refractivity contribution in [1.82, 2.24) is 19.4 Å². The number of hydrogen-bond acceptors (Lipinski definition) is 4. The van der Waals surface area contributed by atoms with Gasteiger partial charge in [-0.15, -0.1) is 0 Å². The van der Waals surface area contributed by atoms with Crippen molar-refractivity contribution in [3.8, 4) is 0 Å². The Hall–Kier alpha value is -3.15. The van der Waals surface area contributed by atoms with Crippen LogP contribution in [0.3, 0.4) is 0 Å². The van der Waals surface area contributed by atoms with E-state index in [2.05, 4.69) is 9.97 Å². The Morgan fingerprint density at radius 1 is 1.33 bits per heavy atom. The number of nitrogen functional groups attached to an aromatic ring is 1. The van der Waals surface area contributed by atoms with Gasteiger partial charge in [0.05, 0.1) is 11.7 Å². The van der Waals surface area contributed by atoms with E-state index in [-0.39, 0.29) is 5.91 Å². The number of amides is 1. The van der Waals surface area contributed by atoms with Gasteiger partial charge < -0.3 is 15.2 Å². The number of aromatic nitrogens is 3. The van der Waals surface area contributed by atoms with Crippen LogP contribution >= 0.6 is 0 Å². The zero-order valence-corrected chi connectivity index (χ0v) is 13.7. The molecule has 0 spiro atoms. The lowest BCUT2D eigenvalue weighted by molar-refractivity contribution is -0.125. The van der Waals surface area contributed by atoms with E-state index in [1.165, 1.54) is 0 Å². The molecule has 3 rings (SSSR count). The molecule has 1 amide bonds. The fourth-order valence-electron chi connectivity index (χ4n) is 2.58. The number of nitrogens with zero attached hydrogens (tertiary/aromatic N) is 4. The van der Waals surface area contributed by atoms with E-state index >= 15 is 0 Å². The van der Waals surface area contributed by atoms with Gasteiger partial charge in [0.2, 0.25) is 5.91 Å². The molecular formula is C18H19N5O. The van der Waals surface area contributed by atoms with Crippen molar-refractivity contribution in [1.29, 1.82) is 0 Å². The smallest absolute Gasteiger partial charge is 0.246 e. The maximum atomic E-state index is 12.3. The molecule has 0 aromatic carbocycles. The molecule has 3 heterocycles. The van der Waals surface area contributed by atoms with Crippen LogP contribution in [0.25, 0.3) is 17.0 Å². The van der Waals surface area contributed by atoms with E-state index in [4.69, 9.17) is 5.73 Å². The predicted octanol–water partition coefficient (Wildman–Crippen LogP) is 2.22. The number of hydrogen-bond donors (Lipinski definition) is 1. The molecule has 0 fully saturated rings. The number of carbonyl (C=O) groups excluding carboxylic acids is 1. The monoisotopic (exact) mass is 321 g/mol. The molecular weight excluding hydrogens is 302 g/mol. The topological polar surface area (TPSA) is 77.0 Å². The second-order valence-corrected chi connectivity index (χ2v) is 5.70. The van der Waals surface area contributed by atoms with Crippen molar-refractivity contribution >= 4 is 28.7 Å². The summed E-state index contributed by atoms with van der Waals surface area (Å²) < 4.78 is 2.02. The van der Waals surface area contributed by atoms with E-state index in [0.717, 1.165) is 22.0 Å². The number of nitrogens with two attached hydrogens (primary N) is 1. The summed E-state index contributed by atoms with van der Waals surface area (Å²) in [5.74, 6) is 0.388. The van der Waals surface area contributed by atoms with Gasteiger partial charge in [-0.2, -0.15) is 0 Å². The molecule has 24 heavy (non-hydrogen) atoms. The van der Waals surface area contributed by atoms with Crippen LogP contribution in [0.5, 0.6) is 0 Å². The molecule has 0 aliphatic carbocycles. The quantitative estimate of drug-likeness (QED) is 0.748. The summed E-state index contributed by atoms with van der Waals surface area (Å²) >= 11 is 0. The van der Waals surface area contributed by atoms with E-state index in [1.54, 1.807) is 42.6 Å². The van der Waals surface area contributed by atoms with E-state index in [1.807, 2.05) is 36.1 Å². The van der Waals surface area contributed by atoms with Crippen molar-refractivity contribution in [3.63, 3.8) is 0 Å². The molecule has 122 valence electrons. The second kappa shape index (κ2) is 6.54. The minimum Gasteiger partial charge on any atom is -0.384 e. The van der Waals surface area contributed by atoms with Crippen LogP contribution < -0.4 is 5.73 Å². The highest BCUT2D eigenvalue weighted by Crippen LogP contribution is 2.20. The molecule has 0 saturated carbocycles. The summed E-state index contributed by atoms with van der Waals surface area (Å²) in [4.78, 5) is 22.1. The molecule has 2 N–H and O–H groups in total. The minimum absolute atomic E-state index is 0.0714. The SMILES string of the molecule is CN(Cc1cn(C)c2cnccc12)C(=O)C=Cc1ccc(N)nc1. The van der Waals surface area contributed by atoms with Gasteiger partial charge in [-0.3, -0.25) is 9.78 Å². The third kappa shape index (κ3) is 3.27. The molecule has 0 atom stereocenters. The number of pyridine rings is 2. The zero-order chi connectivity index (χ0) is 17.1. The third-order valence-electron chi connectivity index (χ3n) is 3.89. The highest BCUT2D eigenvalue weighted by Gasteiger charge is 2.11. The molecule has 3 aromatic heterocycles. The van der Waals surface area contributed by atoms with Crippen LogP contribution in [0.15, 0.2) is 49.1 Å². The summed E-state index contributed by atoms with van der Waals surface area (Å²) in [7, 11) is 3.76. The molecule has 0 radical (unpaired) electrons. The Morgan fingerprint density at radius 2 is 2.17 bits per heavy atom. The number of fused-ring (bicyclic) bond motifs is 1. The highest BCUT2D eigenvalue weighted by atomic mass is 16.2. The molecule has 0 aliphatic heterocycles. The molecule has 0 unspecified atom stereocenters. The zero-order valence-electron chi connectivity index (χ0n) is 13.7. The van der Waals surface area contributed by atoms with Crippen molar-refractivity contribution in [3.05, 3.63) is 60.2 Å². The number of likely N-dealkylation sites (N-methyl/N-ethyl adjacent to an activating group) is 1. The van der Waals surface area contributed by atoms with Crippen molar-refractivity contribution < 1.29 is 4.79 Å². The van der Waals surface area contributed by atoms with E-state index in [0.29, 0.717) is 12.4 Å². The van der Waals surface area contributed by atoms with Crippen LogP contribution in [-0.4, -0.2) is 32.4 Å². The Kier molecular flexibility index (Phi) is 4.29. The van der Waals surface area contributed by atoms with Crippen LogP contribution in [0, 0.1) is 0 Å².